The van der Waals surface area contributed by atoms with Crippen LogP contribution in [0.2, 0.25) is 0 Å². The molecule has 152 valence electrons. The molecule has 1 unspecified atom stereocenters. The minimum atomic E-state index is -0.229. The van der Waals surface area contributed by atoms with Crippen LogP contribution in [0.25, 0.3) is 0 Å². The van der Waals surface area contributed by atoms with E-state index >= 15 is 0 Å². The summed E-state index contributed by atoms with van der Waals surface area (Å²) in [7, 11) is 0. The highest BCUT2D eigenvalue weighted by Crippen LogP contribution is 2.41. The number of amides is 2. The molecule has 0 spiro atoms. The maximum Gasteiger partial charge on any atom is 0.257 e. The second-order valence-corrected chi connectivity index (χ2v) is 9.04. The Bertz CT molecular complexity index is 1120. The SMILES string of the molecule is Cc1ccc(C(=O)Nc2nc3c(s2)CCC3C(=O)N2CCCc3ccccc32)cc1. The number of benzene rings is 2. The van der Waals surface area contributed by atoms with Crippen LogP contribution < -0.4 is 10.2 Å². The number of hydrogen-bond donors (Lipinski definition) is 1. The quantitative estimate of drug-likeness (QED) is 0.671. The molecule has 1 aromatic heterocycles. The lowest BCUT2D eigenvalue weighted by Crippen LogP contribution is -2.38. The van der Waals surface area contributed by atoms with Crippen LogP contribution in [-0.4, -0.2) is 23.3 Å². The summed E-state index contributed by atoms with van der Waals surface area (Å²) >= 11 is 1.49. The van der Waals surface area contributed by atoms with E-state index in [0.717, 1.165) is 54.0 Å². The first-order valence-electron chi connectivity index (χ1n) is 10.4. The fourth-order valence-electron chi connectivity index (χ4n) is 4.35. The van der Waals surface area contributed by atoms with Gasteiger partial charge in [0.05, 0.1) is 11.6 Å². The van der Waals surface area contributed by atoms with Crippen LogP contribution in [0.1, 0.15) is 50.8 Å². The molecule has 0 saturated heterocycles. The van der Waals surface area contributed by atoms with Gasteiger partial charge >= 0.3 is 0 Å². The lowest BCUT2D eigenvalue weighted by Gasteiger charge is -2.31. The molecule has 3 aromatic rings. The van der Waals surface area contributed by atoms with E-state index in [1.165, 1.54) is 16.9 Å². The van der Waals surface area contributed by atoms with Crippen molar-refractivity contribution in [2.45, 2.75) is 38.5 Å². The van der Waals surface area contributed by atoms with Gasteiger partial charge in [0.1, 0.15) is 0 Å². The smallest absolute Gasteiger partial charge is 0.257 e. The summed E-state index contributed by atoms with van der Waals surface area (Å²) in [6, 6.07) is 15.6. The predicted octanol–water partition coefficient (Wildman–Crippen LogP) is 4.71. The number of fused-ring (bicyclic) bond motifs is 2. The lowest BCUT2D eigenvalue weighted by molar-refractivity contribution is -0.120. The number of thiazole rings is 1. The Hall–Kier alpha value is -2.99. The Balaban J connectivity index is 1.35. The molecule has 30 heavy (non-hydrogen) atoms. The molecule has 0 fully saturated rings. The molecule has 2 aromatic carbocycles. The molecule has 5 rings (SSSR count). The van der Waals surface area contributed by atoms with Gasteiger partial charge in [-0.25, -0.2) is 4.98 Å². The monoisotopic (exact) mass is 417 g/mol. The summed E-state index contributed by atoms with van der Waals surface area (Å²) in [5, 5.41) is 3.48. The largest absolute Gasteiger partial charge is 0.312 e. The van der Waals surface area contributed by atoms with E-state index in [1.54, 1.807) is 0 Å². The molecule has 1 aliphatic carbocycles. The summed E-state index contributed by atoms with van der Waals surface area (Å²) < 4.78 is 0. The van der Waals surface area contributed by atoms with Crippen LogP contribution in [0.3, 0.4) is 0 Å². The zero-order chi connectivity index (χ0) is 20.7. The molecule has 1 N–H and O–H groups in total. The second-order valence-electron chi connectivity index (χ2n) is 7.96. The van der Waals surface area contributed by atoms with Gasteiger partial charge in [-0.3, -0.25) is 14.9 Å². The third-order valence-electron chi connectivity index (χ3n) is 5.93. The Kier molecular flexibility index (Phi) is 4.87. The number of aromatic nitrogens is 1. The van der Waals surface area contributed by atoms with Gasteiger partial charge in [-0.15, -0.1) is 11.3 Å². The van der Waals surface area contributed by atoms with Crippen molar-refractivity contribution in [2.24, 2.45) is 0 Å². The topological polar surface area (TPSA) is 62.3 Å². The van der Waals surface area contributed by atoms with Crippen LogP contribution in [-0.2, 0) is 17.6 Å². The highest BCUT2D eigenvalue weighted by atomic mass is 32.1. The maximum absolute atomic E-state index is 13.4. The summed E-state index contributed by atoms with van der Waals surface area (Å²) in [5.74, 6) is -0.273. The van der Waals surface area contributed by atoms with Crippen molar-refractivity contribution < 1.29 is 9.59 Å². The second kappa shape index (κ2) is 7.69. The average Bonchev–Trinajstić information content (AvgIpc) is 3.33. The highest BCUT2D eigenvalue weighted by Gasteiger charge is 2.37. The molecular weight excluding hydrogens is 394 g/mol. The highest BCUT2D eigenvalue weighted by molar-refractivity contribution is 7.16. The van der Waals surface area contributed by atoms with E-state index in [2.05, 4.69) is 16.4 Å². The van der Waals surface area contributed by atoms with Crippen molar-refractivity contribution in [1.82, 2.24) is 4.98 Å². The van der Waals surface area contributed by atoms with Gasteiger partial charge in [0, 0.05) is 22.7 Å². The minimum absolute atomic E-state index is 0.127. The molecule has 2 aliphatic rings. The lowest BCUT2D eigenvalue weighted by atomic mass is 9.98. The predicted molar refractivity (Wildman–Crippen MR) is 119 cm³/mol. The first-order valence-corrected chi connectivity index (χ1v) is 11.2. The van der Waals surface area contributed by atoms with Gasteiger partial charge in [0.2, 0.25) is 5.91 Å². The first-order chi connectivity index (χ1) is 14.6. The molecule has 1 aliphatic heterocycles. The van der Waals surface area contributed by atoms with Crippen LogP contribution >= 0.6 is 11.3 Å². The molecule has 2 amide bonds. The number of nitrogens with one attached hydrogen (secondary N) is 1. The van der Waals surface area contributed by atoms with Crippen molar-refractivity contribution >= 4 is 34.0 Å². The van der Waals surface area contributed by atoms with Crippen molar-refractivity contribution in [2.75, 3.05) is 16.8 Å². The number of anilines is 2. The summed E-state index contributed by atoms with van der Waals surface area (Å²) in [4.78, 5) is 33.7. The Labute approximate surface area is 179 Å². The van der Waals surface area contributed by atoms with Crippen LogP contribution in [0.5, 0.6) is 0 Å². The van der Waals surface area contributed by atoms with E-state index in [4.69, 9.17) is 0 Å². The third-order valence-corrected chi connectivity index (χ3v) is 6.97. The van der Waals surface area contributed by atoms with Crippen LogP contribution in [0.15, 0.2) is 48.5 Å². The van der Waals surface area contributed by atoms with Gasteiger partial charge in [0.15, 0.2) is 5.13 Å². The molecule has 0 radical (unpaired) electrons. The van der Waals surface area contributed by atoms with E-state index in [0.29, 0.717) is 10.7 Å². The molecule has 2 heterocycles. The van der Waals surface area contributed by atoms with Gasteiger partial charge < -0.3 is 4.90 Å². The molecule has 0 bridgehead atoms. The van der Waals surface area contributed by atoms with E-state index in [9.17, 15) is 9.59 Å². The van der Waals surface area contributed by atoms with Crippen molar-refractivity contribution in [3.8, 4) is 0 Å². The average molecular weight is 418 g/mol. The first kappa shape index (κ1) is 19.0. The molecule has 6 heteroatoms. The van der Waals surface area contributed by atoms with Gasteiger partial charge in [-0.2, -0.15) is 0 Å². The number of para-hydroxylation sites is 1. The third kappa shape index (κ3) is 3.41. The number of carbonyl (C=O) groups is 2. The normalized spacial score (nSPS) is 17.4. The number of nitrogens with zero attached hydrogens (tertiary/aromatic N) is 2. The number of carbonyl (C=O) groups excluding carboxylic acids is 2. The van der Waals surface area contributed by atoms with Gasteiger partial charge in [-0.1, -0.05) is 35.9 Å². The van der Waals surface area contributed by atoms with Gasteiger partial charge in [0.25, 0.3) is 5.91 Å². The van der Waals surface area contributed by atoms with Crippen molar-refractivity contribution in [1.29, 1.82) is 0 Å². The zero-order valence-corrected chi connectivity index (χ0v) is 17.7. The van der Waals surface area contributed by atoms with Crippen LogP contribution in [0, 0.1) is 6.92 Å². The van der Waals surface area contributed by atoms with Crippen molar-refractivity contribution in [3.05, 3.63) is 75.8 Å². The number of rotatable bonds is 3. The summed E-state index contributed by atoms with van der Waals surface area (Å²) in [6.45, 7) is 2.74. The fraction of sp³-hybridized carbons (Fsp3) is 0.292. The molecule has 1 atom stereocenters. The summed E-state index contributed by atoms with van der Waals surface area (Å²) in [5.41, 5.74) is 4.83. The maximum atomic E-state index is 13.4. The standard InChI is InChI=1S/C24H23N3O2S/c1-15-8-10-17(11-9-15)22(28)26-24-25-21-18(12-13-20(21)30-24)23(29)27-14-4-6-16-5-2-3-7-19(16)27/h2-3,5,7-11,18H,4,6,12-14H2,1H3,(H,25,26,28). The van der Waals surface area contributed by atoms with E-state index in [1.807, 2.05) is 54.3 Å². The van der Waals surface area contributed by atoms with E-state index in [-0.39, 0.29) is 17.7 Å². The Morgan fingerprint density at radius 2 is 1.90 bits per heavy atom. The fourth-order valence-corrected chi connectivity index (χ4v) is 5.38. The van der Waals surface area contributed by atoms with Crippen LogP contribution in [0.4, 0.5) is 10.8 Å². The number of aryl methyl sites for hydroxylation is 3. The molecular formula is C24H23N3O2S. The minimum Gasteiger partial charge on any atom is -0.312 e. The van der Waals surface area contributed by atoms with Crippen molar-refractivity contribution in [3.63, 3.8) is 0 Å². The van der Waals surface area contributed by atoms with Gasteiger partial charge in [-0.05, 0) is 56.4 Å². The van der Waals surface area contributed by atoms with E-state index < -0.39 is 0 Å². The summed E-state index contributed by atoms with van der Waals surface area (Å²) in [6.07, 6.45) is 3.62. The molecule has 0 saturated carbocycles. The Morgan fingerprint density at radius 3 is 2.73 bits per heavy atom. The molecule has 5 nitrogen and oxygen atoms in total. The Morgan fingerprint density at radius 1 is 1.10 bits per heavy atom. The zero-order valence-electron chi connectivity index (χ0n) is 16.9. The number of hydrogen-bond acceptors (Lipinski definition) is 4.